The fourth-order valence-electron chi connectivity index (χ4n) is 5.16. The fraction of sp³-hybridized carbons (Fsp3) is 0.800. The van der Waals surface area contributed by atoms with Crippen molar-refractivity contribution in [3.63, 3.8) is 0 Å². The molecule has 0 amide bonds. The van der Waals surface area contributed by atoms with Crippen LogP contribution in [0.2, 0.25) is 0 Å². The molecule has 3 nitrogen and oxygen atoms in total. The largest absolute Gasteiger partial charge is 0.511 e. The van der Waals surface area contributed by atoms with Crippen LogP contribution in [-0.4, -0.2) is 23.4 Å². The molecule has 4 fully saturated rings. The first-order chi connectivity index (χ1) is 9.23. The molecule has 4 heteroatoms. The standard InChI is InChI=1S/C15H22N2OS/c18-13(9-19-14-16-1-2-17-14)15-6-10-3-11(7-15)5-12(4-10)8-15/h9-12,18H,1-8H2,(H,16,17)/p+1. The second kappa shape index (κ2) is 4.44. The average Bonchev–Trinajstić information content (AvgIpc) is 2.87. The van der Waals surface area contributed by atoms with E-state index in [0.29, 0.717) is 5.76 Å². The molecule has 5 rings (SSSR count). The van der Waals surface area contributed by atoms with Crippen molar-refractivity contribution in [1.29, 1.82) is 0 Å². The number of rotatable bonds is 2. The minimum Gasteiger partial charge on any atom is -0.511 e. The number of allylic oxidation sites excluding steroid dienone is 1. The Bertz CT molecular complexity index is 408. The van der Waals surface area contributed by atoms with E-state index >= 15 is 0 Å². The summed E-state index contributed by atoms with van der Waals surface area (Å²) in [6.07, 6.45) is 7.99. The number of hydrogen-bond acceptors (Lipinski definition) is 3. The molecule has 0 spiro atoms. The lowest BCUT2D eigenvalue weighted by atomic mass is 9.49. The van der Waals surface area contributed by atoms with Crippen LogP contribution >= 0.6 is 11.8 Å². The maximum atomic E-state index is 10.6. The van der Waals surface area contributed by atoms with Crippen molar-refractivity contribution in [3.8, 4) is 0 Å². The predicted octanol–water partition coefficient (Wildman–Crippen LogP) is 1.38. The summed E-state index contributed by atoms with van der Waals surface area (Å²) in [6, 6.07) is 0. The summed E-state index contributed by atoms with van der Waals surface area (Å²) >= 11 is 1.62. The third kappa shape index (κ3) is 2.08. The third-order valence-electron chi connectivity index (χ3n) is 5.57. The summed E-state index contributed by atoms with van der Waals surface area (Å²) in [5.74, 6) is 3.34. The van der Waals surface area contributed by atoms with Gasteiger partial charge in [-0.2, -0.15) is 0 Å². The molecule has 0 atom stereocenters. The van der Waals surface area contributed by atoms with Crippen molar-refractivity contribution in [2.45, 2.75) is 38.5 Å². The molecule has 4 saturated carbocycles. The molecule has 0 radical (unpaired) electrons. The summed E-state index contributed by atoms with van der Waals surface area (Å²) in [5.41, 5.74) is 0.140. The Balaban J connectivity index is 1.52. The molecule has 3 N–H and O–H groups in total. The highest BCUT2D eigenvalue weighted by Crippen LogP contribution is 2.62. The van der Waals surface area contributed by atoms with Crippen LogP contribution in [0.3, 0.4) is 0 Å². The van der Waals surface area contributed by atoms with Gasteiger partial charge in [-0.25, -0.2) is 0 Å². The second-order valence-electron chi connectivity index (χ2n) is 7.00. The molecular formula is C15H23N2OS+. The number of thioether (sulfide) groups is 1. The van der Waals surface area contributed by atoms with Crippen LogP contribution in [0.1, 0.15) is 38.5 Å². The highest BCUT2D eigenvalue weighted by atomic mass is 32.2. The summed E-state index contributed by atoms with van der Waals surface area (Å²) < 4.78 is 0. The van der Waals surface area contributed by atoms with Crippen LogP contribution in [0.5, 0.6) is 0 Å². The molecule has 0 aromatic rings. The Morgan fingerprint density at radius 2 is 1.84 bits per heavy atom. The van der Waals surface area contributed by atoms with Gasteiger partial charge in [-0.1, -0.05) is 0 Å². The molecule has 1 aliphatic heterocycles. The van der Waals surface area contributed by atoms with Gasteiger partial charge in [0, 0.05) is 10.8 Å². The molecule has 1 heterocycles. The van der Waals surface area contributed by atoms with E-state index in [4.69, 9.17) is 0 Å². The summed E-state index contributed by atoms with van der Waals surface area (Å²) in [6.45, 7) is 1.99. The van der Waals surface area contributed by atoms with Gasteiger partial charge in [0.05, 0.1) is 0 Å². The number of amidine groups is 1. The monoisotopic (exact) mass is 279 g/mol. The number of aliphatic hydroxyl groups is 1. The minimum absolute atomic E-state index is 0.140. The Morgan fingerprint density at radius 1 is 1.21 bits per heavy atom. The van der Waals surface area contributed by atoms with Gasteiger partial charge in [0.15, 0.2) is 0 Å². The van der Waals surface area contributed by atoms with Gasteiger partial charge in [-0.3, -0.25) is 10.3 Å². The molecule has 4 aliphatic carbocycles. The first-order valence-electron chi connectivity index (χ1n) is 7.64. The van der Waals surface area contributed by atoms with Crippen molar-refractivity contribution < 1.29 is 10.1 Å². The van der Waals surface area contributed by atoms with Gasteiger partial charge in [0.2, 0.25) is 0 Å². The van der Waals surface area contributed by atoms with Gasteiger partial charge in [-0.15, -0.1) is 0 Å². The lowest BCUT2D eigenvalue weighted by Crippen LogP contribution is -2.69. The van der Waals surface area contributed by atoms with Crippen LogP contribution in [0.25, 0.3) is 0 Å². The highest BCUT2D eigenvalue weighted by Gasteiger charge is 2.52. The maximum Gasteiger partial charge on any atom is 0.308 e. The predicted molar refractivity (Wildman–Crippen MR) is 77.7 cm³/mol. The van der Waals surface area contributed by atoms with E-state index in [-0.39, 0.29) is 5.41 Å². The van der Waals surface area contributed by atoms with E-state index < -0.39 is 0 Å². The van der Waals surface area contributed by atoms with E-state index in [2.05, 4.69) is 10.3 Å². The zero-order valence-electron chi connectivity index (χ0n) is 11.3. The van der Waals surface area contributed by atoms with Gasteiger partial charge < -0.3 is 5.11 Å². The Kier molecular flexibility index (Phi) is 2.83. The van der Waals surface area contributed by atoms with Crippen LogP contribution in [0.4, 0.5) is 0 Å². The van der Waals surface area contributed by atoms with Crippen molar-refractivity contribution >= 4 is 16.9 Å². The molecule has 4 bridgehead atoms. The first-order valence-corrected chi connectivity index (χ1v) is 8.52. The van der Waals surface area contributed by atoms with Crippen LogP contribution in [0, 0.1) is 23.2 Å². The van der Waals surface area contributed by atoms with Gasteiger partial charge in [0.25, 0.3) is 0 Å². The Hall–Kier alpha value is -0.640. The van der Waals surface area contributed by atoms with Crippen molar-refractivity contribution in [1.82, 2.24) is 5.32 Å². The summed E-state index contributed by atoms with van der Waals surface area (Å²) in [4.78, 5) is 3.30. The van der Waals surface area contributed by atoms with Crippen LogP contribution in [0.15, 0.2) is 11.2 Å². The molecule has 0 unspecified atom stereocenters. The Labute approximate surface area is 118 Å². The van der Waals surface area contributed by atoms with Gasteiger partial charge in [-0.05, 0) is 68.0 Å². The molecule has 104 valence electrons. The summed E-state index contributed by atoms with van der Waals surface area (Å²) in [5, 5.41) is 17.0. The smallest absolute Gasteiger partial charge is 0.308 e. The van der Waals surface area contributed by atoms with Crippen LogP contribution in [-0.2, 0) is 0 Å². The van der Waals surface area contributed by atoms with E-state index in [1.165, 1.54) is 38.5 Å². The van der Waals surface area contributed by atoms with E-state index in [0.717, 1.165) is 36.0 Å². The van der Waals surface area contributed by atoms with Crippen LogP contribution < -0.4 is 10.3 Å². The number of nitrogens with one attached hydrogen (secondary N) is 2. The van der Waals surface area contributed by atoms with E-state index in [1.807, 2.05) is 5.41 Å². The quantitative estimate of drug-likeness (QED) is 0.669. The topological polar surface area (TPSA) is 46.2 Å². The Morgan fingerprint density at radius 3 is 2.37 bits per heavy atom. The summed E-state index contributed by atoms with van der Waals surface area (Å²) in [7, 11) is 0. The minimum atomic E-state index is 0.140. The average molecular weight is 279 g/mol. The zero-order valence-corrected chi connectivity index (χ0v) is 12.1. The molecule has 19 heavy (non-hydrogen) atoms. The SMILES string of the molecule is OC(=CSC1=[NH+]CCN1)C12CC3CC(CC(C3)C1)C2. The first kappa shape index (κ1) is 12.1. The van der Waals surface area contributed by atoms with Crippen molar-refractivity contribution in [2.24, 2.45) is 23.2 Å². The van der Waals surface area contributed by atoms with Gasteiger partial charge in [0.1, 0.15) is 18.8 Å². The molecule has 0 aromatic carbocycles. The van der Waals surface area contributed by atoms with Crippen molar-refractivity contribution in [2.75, 3.05) is 13.1 Å². The van der Waals surface area contributed by atoms with Crippen molar-refractivity contribution in [3.05, 3.63) is 11.2 Å². The lowest BCUT2D eigenvalue weighted by molar-refractivity contribution is -0.441. The lowest BCUT2D eigenvalue weighted by Gasteiger charge is -2.56. The number of hydrogen-bond donors (Lipinski definition) is 3. The van der Waals surface area contributed by atoms with E-state index in [1.54, 1.807) is 11.8 Å². The molecular weight excluding hydrogens is 256 g/mol. The maximum absolute atomic E-state index is 10.6. The molecule has 0 saturated heterocycles. The molecule has 5 aliphatic rings. The van der Waals surface area contributed by atoms with E-state index in [9.17, 15) is 5.11 Å². The number of aliphatic hydroxyl groups excluding tert-OH is 1. The second-order valence-corrected chi connectivity index (χ2v) is 7.88. The van der Waals surface area contributed by atoms with Gasteiger partial charge >= 0.3 is 5.17 Å². The third-order valence-corrected chi connectivity index (χ3v) is 6.43. The molecule has 0 aromatic heterocycles. The highest BCUT2D eigenvalue weighted by molar-refractivity contribution is 8.16. The zero-order chi connectivity index (χ0) is 12.9. The fourth-order valence-corrected chi connectivity index (χ4v) is 6.01. The normalized spacial score (nSPS) is 44.3.